The van der Waals surface area contributed by atoms with Crippen molar-refractivity contribution in [2.24, 2.45) is 5.92 Å². The molecule has 2 rings (SSSR count). The third kappa shape index (κ3) is 5.76. The van der Waals surface area contributed by atoms with Crippen molar-refractivity contribution in [2.75, 3.05) is 30.8 Å². The highest BCUT2D eigenvalue weighted by molar-refractivity contribution is 8.01. The third-order valence-electron chi connectivity index (χ3n) is 4.17. The van der Waals surface area contributed by atoms with Crippen LogP contribution < -0.4 is 5.32 Å². The van der Waals surface area contributed by atoms with Crippen molar-refractivity contribution in [2.45, 2.75) is 38.9 Å². The van der Waals surface area contributed by atoms with E-state index in [-0.39, 0.29) is 29.5 Å². The van der Waals surface area contributed by atoms with Crippen molar-refractivity contribution < 1.29 is 23.6 Å². The molecule has 0 saturated carbocycles. The first-order valence-electron chi connectivity index (χ1n) is 8.71. The molecule has 1 atom stereocenters. The quantitative estimate of drug-likeness (QED) is 0.717. The van der Waals surface area contributed by atoms with E-state index in [4.69, 9.17) is 9.26 Å². The van der Waals surface area contributed by atoms with E-state index < -0.39 is 5.25 Å². The molecule has 1 aromatic rings. The van der Waals surface area contributed by atoms with Crippen molar-refractivity contribution in [1.82, 2.24) is 10.1 Å². The summed E-state index contributed by atoms with van der Waals surface area (Å²) < 4.78 is 9.93. The molecule has 9 heteroatoms. The lowest BCUT2D eigenvalue weighted by atomic mass is 9.97. The fraction of sp³-hybridized carbons (Fsp3) is 0.647. The number of nitrogens with zero attached hydrogens (tertiary/aromatic N) is 2. The minimum absolute atomic E-state index is 0.0192. The summed E-state index contributed by atoms with van der Waals surface area (Å²) in [5, 5.41) is 5.97. The van der Waals surface area contributed by atoms with E-state index in [2.05, 4.69) is 10.5 Å². The first kappa shape index (κ1) is 20.3. The van der Waals surface area contributed by atoms with Gasteiger partial charge in [0.1, 0.15) is 5.76 Å². The van der Waals surface area contributed by atoms with Crippen LogP contribution in [-0.4, -0.2) is 58.5 Å². The molecular formula is C17H25N3O5S. The molecule has 2 heterocycles. The molecule has 8 nitrogen and oxygen atoms in total. The van der Waals surface area contributed by atoms with Gasteiger partial charge in [-0.2, -0.15) is 0 Å². The Labute approximate surface area is 157 Å². The molecular weight excluding hydrogens is 358 g/mol. The number of carbonyl (C=O) groups excluding carboxylic acids is 3. The minimum atomic E-state index is -0.395. The van der Waals surface area contributed by atoms with E-state index in [1.165, 1.54) is 11.8 Å². The number of carbonyl (C=O) groups is 3. The average Bonchev–Trinajstić information content (AvgIpc) is 3.04. The van der Waals surface area contributed by atoms with Gasteiger partial charge in [-0.1, -0.05) is 5.16 Å². The largest absolute Gasteiger partial charge is 0.466 e. The van der Waals surface area contributed by atoms with Gasteiger partial charge in [-0.05, 0) is 33.6 Å². The molecule has 1 aliphatic rings. The number of amides is 2. The van der Waals surface area contributed by atoms with Crippen LogP contribution in [0, 0.1) is 12.8 Å². The number of likely N-dealkylation sites (tertiary alicyclic amines) is 1. The normalized spacial score (nSPS) is 16.2. The monoisotopic (exact) mass is 383 g/mol. The molecule has 1 unspecified atom stereocenters. The molecule has 0 aliphatic carbocycles. The Morgan fingerprint density at radius 3 is 2.69 bits per heavy atom. The van der Waals surface area contributed by atoms with E-state index in [0.717, 1.165) is 0 Å². The van der Waals surface area contributed by atoms with Crippen LogP contribution in [-0.2, 0) is 19.1 Å². The molecule has 1 aromatic heterocycles. The predicted octanol–water partition coefficient (Wildman–Crippen LogP) is 1.84. The van der Waals surface area contributed by atoms with Crippen LogP contribution >= 0.6 is 11.8 Å². The Balaban J connectivity index is 1.71. The van der Waals surface area contributed by atoms with E-state index >= 15 is 0 Å². The number of ether oxygens (including phenoxy) is 1. The summed E-state index contributed by atoms with van der Waals surface area (Å²) in [6.07, 6.45) is 1.24. The van der Waals surface area contributed by atoms with E-state index in [0.29, 0.717) is 44.1 Å². The summed E-state index contributed by atoms with van der Waals surface area (Å²) in [5.74, 6) is 0.654. The third-order valence-corrected chi connectivity index (χ3v) is 5.30. The lowest BCUT2D eigenvalue weighted by Crippen LogP contribution is -2.41. The zero-order chi connectivity index (χ0) is 19.1. The van der Waals surface area contributed by atoms with Gasteiger partial charge < -0.3 is 19.5 Å². The molecule has 0 spiro atoms. The summed E-state index contributed by atoms with van der Waals surface area (Å²) >= 11 is 1.27. The minimum Gasteiger partial charge on any atom is -0.466 e. The van der Waals surface area contributed by atoms with Gasteiger partial charge >= 0.3 is 5.97 Å². The molecule has 0 radical (unpaired) electrons. The predicted molar refractivity (Wildman–Crippen MR) is 97.7 cm³/mol. The van der Waals surface area contributed by atoms with Crippen molar-refractivity contribution in [3.8, 4) is 0 Å². The van der Waals surface area contributed by atoms with Gasteiger partial charge in [0.25, 0.3) is 0 Å². The van der Waals surface area contributed by atoms with Crippen molar-refractivity contribution in [3.05, 3.63) is 11.8 Å². The summed E-state index contributed by atoms with van der Waals surface area (Å²) in [6, 6.07) is 1.63. The lowest BCUT2D eigenvalue weighted by molar-refractivity contribution is -0.151. The number of hydrogen-bond donors (Lipinski definition) is 1. The second-order valence-corrected chi connectivity index (χ2v) is 7.50. The fourth-order valence-electron chi connectivity index (χ4n) is 2.64. The second kappa shape index (κ2) is 9.61. The van der Waals surface area contributed by atoms with Crippen LogP contribution in [0.1, 0.15) is 32.4 Å². The van der Waals surface area contributed by atoms with E-state index in [1.807, 2.05) is 0 Å². The standard InChI is InChI=1S/C17H25N3O5S/c1-4-24-17(23)13-5-7-20(8-6-13)15(21)10-26-12(3)16(22)18-14-9-11(2)25-19-14/h9,12-13H,4-8,10H2,1-3H3,(H,18,19,22). The molecule has 1 aliphatic heterocycles. The SMILES string of the molecule is CCOC(=O)C1CCN(C(=O)CSC(C)C(=O)Nc2cc(C)on2)CC1. The molecule has 1 fully saturated rings. The van der Waals surface area contributed by atoms with Gasteiger partial charge in [0.15, 0.2) is 5.82 Å². The maximum Gasteiger partial charge on any atom is 0.309 e. The number of aryl methyl sites for hydroxylation is 1. The molecule has 0 bridgehead atoms. The molecule has 0 aromatic carbocycles. The molecule has 144 valence electrons. The molecule has 1 saturated heterocycles. The fourth-order valence-corrected chi connectivity index (χ4v) is 3.43. The number of hydrogen-bond acceptors (Lipinski definition) is 7. The van der Waals surface area contributed by atoms with Crippen molar-refractivity contribution >= 4 is 35.4 Å². The highest BCUT2D eigenvalue weighted by atomic mass is 32.2. The number of rotatable bonds is 7. The molecule has 26 heavy (non-hydrogen) atoms. The number of aromatic nitrogens is 1. The van der Waals surface area contributed by atoms with E-state index in [9.17, 15) is 14.4 Å². The van der Waals surface area contributed by atoms with Gasteiger partial charge in [-0.15, -0.1) is 11.8 Å². The van der Waals surface area contributed by atoms with Gasteiger partial charge in [-0.25, -0.2) is 0 Å². The van der Waals surface area contributed by atoms with Crippen LogP contribution in [0.3, 0.4) is 0 Å². The molecule has 1 N–H and O–H groups in total. The Bertz CT molecular complexity index is 640. The summed E-state index contributed by atoms with van der Waals surface area (Å²) in [6.45, 7) is 6.73. The van der Waals surface area contributed by atoms with E-state index in [1.54, 1.807) is 31.7 Å². The average molecular weight is 383 g/mol. The highest BCUT2D eigenvalue weighted by Gasteiger charge is 2.28. The number of thioether (sulfide) groups is 1. The van der Waals surface area contributed by atoms with Crippen LogP contribution in [0.25, 0.3) is 0 Å². The van der Waals surface area contributed by atoms with Gasteiger partial charge in [0.2, 0.25) is 11.8 Å². The Morgan fingerprint density at radius 1 is 1.42 bits per heavy atom. The maximum absolute atomic E-state index is 12.3. The Kier molecular flexibility index (Phi) is 7.50. The van der Waals surface area contributed by atoms with Gasteiger partial charge in [-0.3, -0.25) is 14.4 Å². The van der Waals surface area contributed by atoms with Crippen LogP contribution in [0.2, 0.25) is 0 Å². The molecule has 2 amide bonds. The van der Waals surface area contributed by atoms with Crippen molar-refractivity contribution in [3.63, 3.8) is 0 Å². The Hall–Kier alpha value is -2.03. The number of piperidine rings is 1. The van der Waals surface area contributed by atoms with Crippen LogP contribution in [0.5, 0.6) is 0 Å². The van der Waals surface area contributed by atoms with Gasteiger partial charge in [0, 0.05) is 19.2 Å². The number of anilines is 1. The smallest absolute Gasteiger partial charge is 0.309 e. The zero-order valence-corrected chi connectivity index (χ0v) is 16.1. The van der Waals surface area contributed by atoms with Crippen LogP contribution in [0.4, 0.5) is 5.82 Å². The summed E-state index contributed by atoms with van der Waals surface area (Å²) in [5.41, 5.74) is 0. The second-order valence-electron chi connectivity index (χ2n) is 6.17. The number of nitrogens with one attached hydrogen (secondary N) is 1. The van der Waals surface area contributed by atoms with Crippen LogP contribution in [0.15, 0.2) is 10.6 Å². The Morgan fingerprint density at radius 2 is 2.12 bits per heavy atom. The highest BCUT2D eigenvalue weighted by Crippen LogP contribution is 2.21. The maximum atomic E-state index is 12.3. The topological polar surface area (TPSA) is 102 Å². The summed E-state index contributed by atoms with van der Waals surface area (Å²) in [7, 11) is 0. The van der Waals surface area contributed by atoms with Gasteiger partial charge in [0.05, 0.1) is 23.5 Å². The lowest BCUT2D eigenvalue weighted by Gasteiger charge is -2.31. The first-order valence-corrected chi connectivity index (χ1v) is 9.75. The number of esters is 1. The van der Waals surface area contributed by atoms with Crippen molar-refractivity contribution in [1.29, 1.82) is 0 Å². The first-order chi connectivity index (χ1) is 12.4. The zero-order valence-electron chi connectivity index (χ0n) is 15.3. The summed E-state index contributed by atoms with van der Waals surface area (Å²) in [4.78, 5) is 37.9.